The van der Waals surface area contributed by atoms with Crippen molar-refractivity contribution in [1.29, 1.82) is 0 Å². The second kappa shape index (κ2) is 6.17. The first kappa shape index (κ1) is 15.7. The molecule has 5 heteroatoms. The van der Waals surface area contributed by atoms with Crippen LogP contribution in [0.25, 0.3) is 0 Å². The number of hydrogen-bond donors (Lipinski definition) is 1. The molecule has 1 rings (SSSR count). The lowest BCUT2D eigenvalue weighted by Gasteiger charge is -2.18. The van der Waals surface area contributed by atoms with Crippen LogP contribution in [0.2, 0.25) is 0 Å². The SMILES string of the molecule is CC(C)(C)CCNS(=O)(=O)c1ccc(CBr)cc1. The lowest BCUT2D eigenvalue weighted by molar-refractivity contribution is 0.378. The molecule has 0 heterocycles. The molecule has 0 radical (unpaired) electrons. The van der Waals surface area contributed by atoms with Gasteiger partial charge in [-0.15, -0.1) is 0 Å². The third-order valence-corrected chi connectivity index (χ3v) is 4.68. The average molecular weight is 334 g/mol. The Morgan fingerprint density at radius 1 is 1.17 bits per heavy atom. The standard InChI is InChI=1S/C13H20BrNO2S/c1-13(2,3)8-9-15-18(16,17)12-6-4-11(10-14)5-7-12/h4-7,15H,8-10H2,1-3H3. The Morgan fingerprint density at radius 2 is 1.72 bits per heavy atom. The van der Waals surface area contributed by atoms with Gasteiger partial charge >= 0.3 is 0 Å². The van der Waals surface area contributed by atoms with Crippen LogP contribution < -0.4 is 4.72 Å². The average Bonchev–Trinajstić information content (AvgIpc) is 2.27. The quantitative estimate of drug-likeness (QED) is 0.840. The zero-order valence-electron chi connectivity index (χ0n) is 11.0. The van der Waals surface area contributed by atoms with Crippen LogP contribution >= 0.6 is 15.9 Å². The van der Waals surface area contributed by atoms with E-state index in [1.807, 2.05) is 12.1 Å². The Bertz CT molecular complexity index is 475. The summed E-state index contributed by atoms with van der Waals surface area (Å²) < 4.78 is 26.6. The van der Waals surface area contributed by atoms with Crippen LogP contribution in [-0.2, 0) is 15.4 Å². The van der Waals surface area contributed by atoms with Gasteiger partial charge in [-0.2, -0.15) is 0 Å². The van der Waals surface area contributed by atoms with Gasteiger partial charge in [-0.3, -0.25) is 0 Å². The van der Waals surface area contributed by atoms with E-state index in [4.69, 9.17) is 0 Å². The lowest BCUT2D eigenvalue weighted by atomic mass is 9.93. The van der Waals surface area contributed by atoms with Crippen LogP contribution in [0.1, 0.15) is 32.8 Å². The Labute approximate surface area is 118 Å². The molecule has 0 bridgehead atoms. The first-order valence-electron chi connectivity index (χ1n) is 5.89. The molecule has 0 amide bonds. The van der Waals surface area contributed by atoms with E-state index in [1.165, 1.54) is 0 Å². The molecule has 0 spiro atoms. The second-order valence-electron chi connectivity index (χ2n) is 5.49. The monoisotopic (exact) mass is 333 g/mol. The molecule has 0 saturated heterocycles. The summed E-state index contributed by atoms with van der Waals surface area (Å²) >= 11 is 3.33. The molecule has 18 heavy (non-hydrogen) atoms. The highest BCUT2D eigenvalue weighted by atomic mass is 79.9. The molecule has 1 N–H and O–H groups in total. The third-order valence-electron chi connectivity index (χ3n) is 2.56. The minimum Gasteiger partial charge on any atom is -0.211 e. The summed E-state index contributed by atoms with van der Waals surface area (Å²) in [5.74, 6) is 0. The smallest absolute Gasteiger partial charge is 0.211 e. The lowest BCUT2D eigenvalue weighted by Crippen LogP contribution is -2.27. The molecule has 0 aliphatic carbocycles. The Morgan fingerprint density at radius 3 is 2.17 bits per heavy atom. The second-order valence-corrected chi connectivity index (χ2v) is 7.81. The van der Waals surface area contributed by atoms with E-state index in [2.05, 4.69) is 41.4 Å². The number of sulfonamides is 1. The van der Waals surface area contributed by atoms with E-state index >= 15 is 0 Å². The van der Waals surface area contributed by atoms with Crippen molar-refractivity contribution in [3.05, 3.63) is 29.8 Å². The van der Waals surface area contributed by atoms with Gasteiger partial charge in [-0.1, -0.05) is 48.8 Å². The van der Waals surface area contributed by atoms with Crippen molar-refractivity contribution in [1.82, 2.24) is 4.72 Å². The molecule has 0 aromatic heterocycles. The van der Waals surface area contributed by atoms with Crippen molar-refractivity contribution in [2.75, 3.05) is 6.54 Å². The zero-order valence-corrected chi connectivity index (χ0v) is 13.4. The first-order chi connectivity index (χ1) is 8.24. The van der Waals surface area contributed by atoms with Gasteiger partial charge in [0, 0.05) is 11.9 Å². The van der Waals surface area contributed by atoms with Crippen molar-refractivity contribution in [3.63, 3.8) is 0 Å². The van der Waals surface area contributed by atoms with Gasteiger partial charge in [0.05, 0.1) is 4.90 Å². The van der Waals surface area contributed by atoms with Gasteiger partial charge in [-0.05, 0) is 29.5 Å². The van der Waals surface area contributed by atoms with E-state index in [0.29, 0.717) is 11.4 Å². The molecule has 0 unspecified atom stereocenters. The minimum atomic E-state index is -3.37. The summed E-state index contributed by atoms with van der Waals surface area (Å²) in [5.41, 5.74) is 1.19. The highest BCUT2D eigenvalue weighted by Gasteiger charge is 2.15. The Hall–Kier alpha value is -0.390. The summed E-state index contributed by atoms with van der Waals surface area (Å²) in [6, 6.07) is 6.90. The molecule has 0 saturated carbocycles. The molecule has 1 aromatic carbocycles. The van der Waals surface area contributed by atoms with E-state index < -0.39 is 10.0 Å². The number of alkyl halides is 1. The van der Waals surface area contributed by atoms with Crippen molar-refractivity contribution < 1.29 is 8.42 Å². The molecular weight excluding hydrogens is 314 g/mol. The molecule has 102 valence electrons. The van der Waals surface area contributed by atoms with Gasteiger partial charge in [-0.25, -0.2) is 13.1 Å². The fourth-order valence-corrected chi connectivity index (χ4v) is 2.81. The molecule has 3 nitrogen and oxygen atoms in total. The van der Waals surface area contributed by atoms with E-state index in [1.54, 1.807) is 12.1 Å². The van der Waals surface area contributed by atoms with Crippen LogP contribution in [-0.4, -0.2) is 15.0 Å². The number of rotatable bonds is 5. The Balaban J connectivity index is 2.68. The predicted molar refractivity (Wildman–Crippen MR) is 78.3 cm³/mol. The van der Waals surface area contributed by atoms with Crippen molar-refractivity contribution in [2.24, 2.45) is 5.41 Å². The molecule has 0 aliphatic heterocycles. The normalized spacial score (nSPS) is 12.7. The number of benzene rings is 1. The van der Waals surface area contributed by atoms with E-state index in [0.717, 1.165) is 17.3 Å². The van der Waals surface area contributed by atoms with Gasteiger partial charge in [0.2, 0.25) is 10.0 Å². The van der Waals surface area contributed by atoms with Crippen LogP contribution in [0.4, 0.5) is 0 Å². The summed E-state index contributed by atoms with van der Waals surface area (Å²) in [4.78, 5) is 0.320. The maximum Gasteiger partial charge on any atom is 0.240 e. The van der Waals surface area contributed by atoms with Crippen LogP contribution in [0.5, 0.6) is 0 Å². The van der Waals surface area contributed by atoms with Crippen molar-refractivity contribution in [3.8, 4) is 0 Å². The van der Waals surface area contributed by atoms with Gasteiger partial charge in [0.1, 0.15) is 0 Å². The van der Waals surface area contributed by atoms with E-state index in [9.17, 15) is 8.42 Å². The maximum absolute atomic E-state index is 12.0. The number of halogens is 1. The largest absolute Gasteiger partial charge is 0.240 e. The summed E-state index contributed by atoms with van der Waals surface area (Å²) in [7, 11) is -3.37. The van der Waals surface area contributed by atoms with Crippen LogP contribution in [0, 0.1) is 5.41 Å². The number of hydrogen-bond acceptors (Lipinski definition) is 2. The van der Waals surface area contributed by atoms with Crippen molar-refractivity contribution >= 4 is 26.0 Å². The highest BCUT2D eigenvalue weighted by Crippen LogP contribution is 2.18. The van der Waals surface area contributed by atoms with Gasteiger partial charge < -0.3 is 0 Å². The number of nitrogens with one attached hydrogen (secondary N) is 1. The zero-order chi connectivity index (χ0) is 13.8. The molecule has 0 atom stereocenters. The van der Waals surface area contributed by atoms with E-state index in [-0.39, 0.29) is 5.41 Å². The van der Waals surface area contributed by atoms with Gasteiger partial charge in [0.15, 0.2) is 0 Å². The predicted octanol–water partition coefficient (Wildman–Crippen LogP) is 3.30. The highest BCUT2D eigenvalue weighted by molar-refractivity contribution is 9.08. The van der Waals surface area contributed by atoms with Crippen LogP contribution in [0.15, 0.2) is 29.2 Å². The molecule has 1 aromatic rings. The topological polar surface area (TPSA) is 46.2 Å². The molecule has 0 aliphatic rings. The minimum absolute atomic E-state index is 0.127. The first-order valence-corrected chi connectivity index (χ1v) is 8.50. The van der Waals surface area contributed by atoms with Gasteiger partial charge in [0.25, 0.3) is 0 Å². The fraction of sp³-hybridized carbons (Fsp3) is 0.538. The summed E-state index contributed by atoms with van der Waals surface area (Å²) in [6.07, 6.45) is 0.811. The maximum atomic E-state index is 12.0. The van der Waals surface area contributed by atoms with Crippen molar-refractivity contribution in [2.45, 2.75) is 37.4 Å². The summed E-state index contributed by atoms with van der Waals surface area (Å²) in [6.45, 7) is 6.73. The third kappa shape index (κ3) is 5.08. The molecule has 0 fully saturated rings. The van der Waals surface area contributed by atoms with Crippen LogP contribution in [0.3, 0.4) is 0 Å². The summed E-state index contributed by atoms with van der Waals surface area (Å²) in [5, 5.41) is 0.727. The fourth-order valence-electron chi connectivity index (χ4n) is 1.40. The Kier molecular flexibility index (Phi) is 5.37. The molecular formula is C13H20BrNO2S.